The summed E-state index contributed by atoms with van der Waals surface area (Å²) < 4.78 is 5.58. The van der Waals surface area contributed by atoms with Gasteiger partial charge in [0.2, 0.25) is 0 Å². The van der Waals surface area contributed by atoms with Gasteiger partial charge in [-0.25, -0.2) is 9.69 Å². The van der Waals surface area contributed by atoms with Gasteiger partial charge in [-0.1, -0.05) is 49.1 Å². The van der Waals surface area contributed by atoms with Gasteiger partial charge in [0.05, 0.1) is 6.04 Å². The van der Waals surface area contributed by atoms with Crippen molar-refractivity contribution in [2.24, 2.45) is 0 Å². The lowest BCUT2D eigenvalue weighted by Gasteiger charge is -2.28. The van der Waals surface area contributed by atoms with E-state index >= 15 is 0 Å². The van der Waals surface area contributed by atoms with Crippen LogP contribution in [-0.4, -0.2) is 28.2 Å². The molecule has 23 heavy (non-hydrogen) atoms. The highest BCUT2D eigenvalue weighted by atomic mass is 32.1. The van der Waals surface area contributed by atoms with Crippen LogP contribution < -0.4 is 5.32 Å². The highest BCUT2D eigenvalue weighted by Gasteiger charge is 2.42. The van der Waals surface area contributed by atoms with Crippen LogP contribution in [0.3, 0.4) is 0 Å². The van der Waals surface area contributed by atoms with E-state index in [0.29, 0.717) is 11.2 Å². The molecule has 1 saturated heterocycles. The maximum atomic E-state index is 12.3. The number of ether oxygens (including phenoxy) is 1. The van der Waals surface area contributed by atoms with Gasteiger partial charge < -0.3 is 10.1 Å². The summed E-state index contributed by atoms with van der Waals surface area (Å²) in [5.41, 5.74) is 2.21. The van der Waals surface area contributed by atoms with Gasteiger partial charge in [0.1, 0.15) is 6.10 Å². The standard InChI is InChI=1S/C18H24N2O2S/c1-12-8-10-14(11-9-12)16-13(2)20(18(21)22-16)17(23)19-15-6-4-3-5-7-15/h8-11,13,15-16H,3-7H2,1-2H3,(H,19,23)/t13-,16+/m0/s1. The third-order valence-electron chi connectivity index (χ3n) is 4.83. The van der Waals surface area contributed by atoms with Crippen LogP contribution in [-0.2, 0) is 4.74 Å². The topological polar surface area (TPSA) is 41.6 Å². The third kappa shape index (κ3) is 3.50. The maximum absolute atomic E-state index is 12.3. The molecule has 1 aromatic carbocycles. The minimum atomic E-state index is -0.351. The molecule has 1 heterocycles. The molecule has 0 unspecified atom stereocenters. The van der Waals surface area contributed by atoms with E-state index in [-0.39, 0.29) is 18.2 Å². The molecule has 1 saturated carbocycles. The normalized spacial score (nSPS) is 25.3. The predicted molar refractivity (Wildman–Crippen MR) is 94.3 cm³/mol. The first-order chi connectivity index (χ1) is 11.1. The molecule has 0 radical (unpaired) electrons. The molecule has 2 atom stereocenters. The Morgan fingerprint density at radius 1 is 1.22 bits per heavy atom. The number of hydrogen-bond acceptors (Lipinski definition) is 3. The minimum absolute atomic E-state index is 0.103. The molecule has 1 N–H and O–H groups in total. The zero-order valence-electron chi connectivity index (χ0n) is 13.7. The zero-order valence-corrected chi connectivity index (χ0v) is 14.6. The molecule has 5 heteroatoms. The molecular weight excluding hydrogens is 308 g/mol. The van der Waals surface area contributed by atoms with Gasteiger partial charge in [0.15, 0.2) is 5.11 Å². The van der Waals surface area contributed by atoms with Gasteiger partial charge in [-0.2, -0.15) is 0 Å². The summed E-state index contributed by atoms with van der Waals surface area (Å²) in [5, 5.41) is 3.86. The Kier molecular flexibility index (Phi) is 4.85. The monoisotopic (exact) mass is 332 g/mol. The van der Waals surface area contributed by atoms with Crippen molar-refractivity contribution in [3.05, 3.63) is 35.4 Å². The average Bonchev–Trinajstić information content (AvgIpc) is 2.84. The first-order valence-corrected chi connectivity index (χ1v) is 8.84. The van der Waals surface area contributed by atoms with Crippen molar-refractivity contribution in [1.29, 1.82) is 0 Å². The second-order valence-corrected chi connectivity index (χ2v) is 7.00. The van der Waals surface area contributed by atoms with Crippen LogP contribution in [0.4, 0.5) is 4.79 Å². The van der Waals surface area contributed by atoms with Crippen molar-refractivity contribution in [3.63, 3.8) is 0 Å². The Balaban J connectivity index is 1.69. The van der Waals surface area contributed by atoms with Crippen molar-refractivity contribution < 1.29 is 9.53 Å². The molecule has 2 aliphatic rings. The van der Waals surface area contributed by atoms with E-state index in [0.717, 1.165) is 18.4 Å². The second kappa shape index (κ2) is 6.87. The van der Waals surface area contributed by atoms with Crippen LogP contribution in [0.2, 0.25) is 0 Å². The minimum Gasteiger partial charge on any atom is -0.439 e. The zero-order chi connectivity index (χ0) is 16.4. The van der Waals surface area contributed by atoms with E-state index in [4.69, 9.17) is 17.0 Å². The summed E-state index contributed by atoms with van der Waals surface area (Å²) >= 11 is 5.49. The van der Waals surface area contributed by atoms with Gasteiger partial charge in [0.25, 0.3) is 0 Å². The number of nitrogens with zero attached hydrogens (tertiary/aromatic N) is 1. The first-order valence-electron chi connectivity index (χ1n) is 8.43. The lowest BCUT2D eigenvalue weighted by Crippen LogP contribution is -2.48. The number of carbonyl (C=O) groups excluding carboxylic acids is 1. The van der Waals surface area contributed by atoms with Crippen LogP contribution in [0.15, 0.2) is 24.3 Å². The van der Waals surface area contributed by atoms with Gasteiger partial charge in [-0.15, -0.1) is 0 Å². The van der Waals surface area contributed by atoms with E-state index < -0.39 is 0 Å². The molecule has 2 fully saturated rings. The number of hydrogen-bond donors (Lipinski definition) is 1. The smallest absolute Gasteiger partial charge is 0.417 e. The number of nitrogens with one attached hydrogen (secondary N) is 1. The average molecular weight is 332 g/mol. The molecular formula is C18H24N2O2S. The predicted octanol–water partition coefficient (Wildman–Crippen LogP) is 4.08. The maximum Gasteiger partial charge on any atom is 0.417 e. The summed E-state index contributed by atoms with van der Waals surface area (Å²) in [6.07, 6.45) is 5.38. The van der Waals surface area contributed by atoms with E-state index in [1.54, 1.807) is 4.90 Å². The fourth-order valence-corrected chi connectivity index (χ4v) is 3.83. The van der Waals surface area contributed by atoms with Crippen molar-refractivity contribution in [2.75, 3.05) is 0 Å². The number of rotatable bonds is 2. The Morgan fingerprint density at radius 3 is 2.52 bits per heavy atom. The molecule has 0 bridgehead atoms. The van der Waals surface area contributed by atoms with Crippen molar-refractivity contribution in [3.8, 4) is 0 Å². The number of cyclic esters (lactones) is 1. The molecule has 1 aliphatic carbocycles. The number of amides is 1. The van der Waals surface area contributed by atoms with E-state index in [1.165, 1.54) is 24.8 Å². The van der Waals surface area contributed by atoms with Crippen molar-refractivity contribution in [1.82, 2.24) is 10.2 Å². The summed E-state index contributed by atoms with van der Waals surface area (Å²) in [7, 11) is 0. The molecule has 1 aliphatic heterocycles. The Morgan fingerprint density at radius 2 is 1.87 bits per heavy atom. The first kappa shape index (κ1) is 16.2. The van der Waals surface area contributed by atoms with E-state index in [2.05, 4.69) is 5.32 Å². The third-order valence-corrected chi connectivity index (χ3v) is 5.14. The van der Waals surface area contributed by atoms with Crippen LogP contribution in [0, 0.1) is 6.92 Å². The fraction of sp³-hybridized carbons (Fsp3) is 0.556. The SMILES string of the molecule is Cc1ccc([C@@H]2OC(=O)N(C(=S)NC3CCCCC3)[C@H]2C)cc1. The van der Waals surface area contributed by atoms with Gasteiger partial charge in [-0.3, -0.25) is 0 Å². The van der Waals surface area contributed by atoms with E-state index in [9.17, 15) is 4.79 Å². The number of thiocarbonyl (C=S) groups is 1. The highest BCUT2D eigenvalue weighted by Crippen LogP contribution is 2.32. The molecule has 1 aromatic rings. The van der Waals surface area contributed by atoms with Gasteiger partial charge in [0, 0.05) is 6.04 Å². The molecule has 0 spiro atoms. The molecule has 1 amide bonds. The molecule has 3 rings (SSSR count). The summed E-state index contributed by atoms with van der Waals surface area (Å²) in [4.78, 5) is 13.9. The Bertz CT molecular complexity index is 581. The lowest BCUT2D eigenvalue weighted by molar-refractivity contribution is 0.132. The van der Waals surface area contributed by atoms with E-state index in [1.807, 2.05) is 38.1 Å². The molecule has 124 valence electrons. The van der Waals surface area contributed by atoms with Gasteiger partial charge in [-0.05, 0) is 44.5 Å². The van der Waals surface area contributed by atoms with Crippen LogP contribution in [0.25, 0.3) is 0 Å². The summed E-state index contributed by atoms with van der Waals surface area (Å²) in [5.74, 6) is 0. The van der Waals surface area contributed by atoms with Crippen LogP contribution in [0.1, 0.15) is 56.3 Å². The molecule has 4 nitrogen and oxygen atoms in total. The number of aryl methyl sites for hydroxylation is 1. The molecule has 0 aromatic heterocycles. The van der Waals surface area contributed by atoms with Crippen LogP contribution >= 0.6 is 12.2 Å². The number of carbonyl (C=O) groups is 1. The van der Waals surface area contributed by atoms with Crippen molar-refractivity contribution in [2.45, 2.75) is 64.1 Å². The lowest BCUT2D eigenvalue weighted by atomic mass is 9.96. The summed E-state index contributed by atoms with van der Waals surface area (Å²) in [6, 6.07) is 8.40. The largest absolute Gasteiger partial charge is 0.439 e. The second-order valence-electron chi connectivity index (χ2n) is 6.61. The fourth-order valence-electron chi connectivity index (χ4n) is 3.43. The van der Waals surface area contributed by atoms with Gasteiger partial charge >= 0.3 is 6.09 Å². The number of benzene rings is 1. The van der Waals surface area contributed by atoms with Crippen LogP contribution in [0.5, 0.6) is 0 Å². The Hall–Kier alpha value is -1.62. The van der Waals surface area contributed by atoms with Crippen molar-refractivity contribution >= 4 is 23.4 Å². The quantitative estimate of drug-likeness (QED) is 0.829. The summed E-state index contributed by atoms with van der Waals surface area (Å²) in [6.45, 7) is 4.04. The highest BCUT2D eigenvalue weighted by molar-refractivity contribution is 7.80. The Labute approximate surface area is 143 Å².